The van der Waals surface area contributed by atoms with Gasteiger partial charge >= 0.3 is 0 Å². The van der Waals surface area contributed by atoms with Crippen LogP contribution in [0.25, 0.3) is 0 Å². The first-order valence-corrected chi connectivity index (χ1v) is 16.1. The molecule has 0 radical (unpaired) electrons. The molecule has 0 aromatic rings. The van der Waals surface area contributed by atoms with Crippen LogP contribution in [0.15, 0.2) is 0 Å². The Bertz CT molecular complexity index is 638. The van der Waals surface area contributed by atoms with Crippen LogP contribution in [0.2, 0.25) is 0 Å². The van der Waals surface area contributed by atoms with Gasteiger partial charge in [-0.05, 0) is 6.42 Å². The summed E-state index contributed by atoms with van der Waals surface area (Å²) in [6.45, 7) is 1.35. The molecular weight excluding hydrogens is 536 g/mol. The fourth-order valence-corrected chi connectivity index (χ4v) is 5.54. The Balaban J connectivity index is 1.56. The molecule has 0 aliphatic carbocycles. The smallest absolute Gasteiger partial charge is 0.187 e. The monoisotopic (exact) mass is 594 g/mol. The molecule has 0 unspecified atom stereocenters. The highest BCUT2D eigenvalue weighted by Gasteiger charge is 2.50. The van der Waals surface area contributed by atoms with Crippen molar-refractivity contribution in [3.8, 4) is 0 Å². The summed E-state index contributed by atoms with van der Waals surface area (Å²) in [5.41, 5.74) is 0. The summed E-state index contributed by atoms with van der Waals surface area (Å²) in [6.07, 6.45) is 5.82. The van der Waals surface area contributed by atoms with Gasteiger partial charge in [0.2, 0.25) is 0 Å². The molecule has 2 heterocycles. The van der Waals surface area contributed by atoms with Crippen molar-refractivity contribution < 1.29 is 54.7 Å². The molecule has 2 saturated heterocycles. The average Bonchev–Trinajstić information content (AvgIpc) is 2.98. The number of unbranched alkanes of at least 4 members (excludes halogenated alkanes) is 15. The molecule has 0 bridgehead atoms. The third-order valence-corrected chi connectivity index (χ3v) is 8.24. The molecule has 0 spiro atoms. The molecule has 11 heteroatoms. The van der Waals surface area contributed by atoms with Crippen molar-refractivity contribution in [2.24, 2.45) is 0 Å². The zero-order chi connectivity index (χ0) is 30.0. The molecule has 10 atom stereocenters. The zero-order valence-corrected chi connectivity index (χ0v) is 25.0. The first-order chi connectivity index (χ1) is 19.8. The molecule has 7 N–H and O–H groups in total. The Hall–Kier alpha value is -0.440. The third kappa shape index (κ3) is 12.6. The minimum absolute atomic E-state index is 0.323. The number of hydrogen-bond donors (Lipinski definition) is 7. The topological polar surface area (TPSA) is 179 Å². The number of aliphatic hydroxyl groups is 7. The molecule has 2 fully saturated rings. The maximum Gasteiger partial charge on any atom is 0.187 e. The summed E-state index contributed by atoms with van der Waals surface area (Å²) >= 11 is 0. The van der Waals surface area contributed by atoms with Crippen LogP contribution < -0.4 is 0 Å². The van der Waals surface area contributed by atoms with Crippen LogP contribution in [-0.4, -0.2) is 117 Å². The largest absolute Gasteiger partial charge is 0.394 e. The summed E-state index contributed by atoms with van der Waals surface area (Å²) in [5, 5.41) is 70.5. The molecule has 0 saturated carbocycles. The second kappa shape index (κ2) is 21.3. The Morgan fingerprint density at radius 2 is 0.927 bits per heavy atom. The highest BCUT2D eigenvalue weighted by Crippen LogP contribution is 2.29. The van der Waals surface area contributed by atoms with E-state index in [9.17, 15) is 35.7 Å². The van der Waals surface area contributed by atoms with E-state index in [1.54, 1.807) is 0 Å². The highest BCUT2D eigenvalue weighted by molar-refractivity contribution is 4.94. The predicted octanol–water partition coefficient (Wildman–Crippen LogP) is 1.89. The molecule has 2 aliphatic rings. The lowest BCUT2D eigenvalue weighted by atomic mass is 9.97. The van der Waals surface area contributed by atoms with Gasteiger partial charge < -0.3 is 54.7 Å². The zero-order valence-electron chi connectivity index (χ0n) is 25.0. The van der Waals surface area contributed by atoms with E-state index in [0.29, 0.717) is 6.61 Å². The highest BCUT2D eigenvalue weighted by atomic mass is 16.7. The summed E-state index contributed by atoms with van der Waals surface area (Å²) in [5.74, 6) is 0. The average molecular weight is 595 g/mol. The van der Waals surface area contributed by atoms with Crippen LogP contribution in [0.4, 0.5) is 0 Å². The molecule has 2 rings (SSSR count). The van der Waals surface area contributed by atoms with E-state index in [-0.39, 0.29) is 0 Å². The molecular formula is C30H58O11. The van der Waals surface area contributed by atoms with E-state index in [1.807, 2.05) is 0 Å². The maximum absolute atomic E-state index is 10.7. The minimum atomic E-state index is -1.69. The first kappa shape index (κ1) is 36.8. The third-order valence-electron chi connectivity index (χ3n) is 8.24. The summed E-state index contributed by atoms with van der Waals surface area (Å²) in [6, 6.07) is 0. The molecule has 244 valence electrons. The van der Waals surface area contributed by atoms with Crippen molar-refractivity contribution in [1.82, 2.24) is 0 Å². The van der Waals surface area contributed by atoms with Crippen LogP contribution in [0.3, 0.4) is 0 Å². The van der Waals surface area contributed by atoms with Gasteiger partial charge in [-0.25, -0.2) is 0 Å². The van der Waals surface area contributed by atoms with Crippen molar-refractivity contribution in [3.05, 3.63) is 0 Å². The second-order valence-electron chi connectivity index (χ2n) is 11.7. The van der Waals surface area contributed by atoms with Crippen LogP contribution in [0, 0.1) is 0 Å². The van der Waals surface area contributed by atoms with E-state index in [1.165, 1.54) is 83.5 Å². The van der Waals surface area contributed by atoms with Crippen LogP contribution in [0.1, 0.15) is 110 Å². The normalized spacial score (nSPS) is 34.2. The fourth-order valence-electron chi connectivity index (χ4n) is 5.54. The number of rotatable bonds is 22. The van der Waals surface area contributed by atoms with Gasteiger partial charge in [0, 0.05) is 6.61 Å². The van der Waals surface area contributed by atoms with E-state index in [2.05, 4.69) is 6.92 Å². The lowest BCUT2D eigenvalue weighted by Gasteiger charge is -2.45. The number of ether oxygens (including phenoxy) is 4. The van der Waals surface area contributed by atoms with Crippen molar-refractivity contribution in [2.75, 3.05) is 19.8 Å². The lowest BCUT2D eigenvalue weighted by molar-refractivity contribution is -0.359. The SMILES string of the molecule is CCCCCCCCCCCCCCCCCCO[C@@H]1O[C@H](CO)[C@@H](O[C@H]2O[C@H](CO)[C@H](O)[C@H](O)[C@H]2O)[C@H](O)[C@H]1O. The van der Waals surface area contributed by atoms with Gasteiger partial charge in [0.25, 0.3) is 0 Å². The van der Waals surface area contributed by atoms with Gasteiger partial charge in [-0.15, -0.1) is 0 Å². The van der Waals surface area contributed by atoms with E-state index in [4.69, 9.17) is 18.9 Å². The first-order valence-electron chi connectivity index (χ1n) is 16.1. The van der Waals surface area contributed by atoms with Crippen molar-refractivity contribution in [1.29, 1.82) is 0 Å². The predicted molar refractivity (Wildman–Crippen MR) is 152 cm³/mol. The van der Waals surface area contributed by atoms with Crippen LogP contribution >= 0.6 is 0 Å². The van der Waals surface area contributed by atoms with E-state index in [0.717, 1.165) is 19.3 Å². The van der Waals surface area contributed by atoms with Crippen molar-refractivity contribution in [3.63, 3.8) is 0 Å². The molecule has 0 aromatic carbocycles. The van der Waals surface area contributed by atoms with E-state index < -0.39 is 74.6 Å². The molecule has 11 nitrogen and oxygen atoms in total. The van der Waals surface area contributed by atoms with Gasteiger partial charge in [-0.2, -0.15) is 0 Å². The van der Waals surface area contributed by atoms with Gasteiger partial charge in [0.05, 0.1) is 13.2 Å². The van der Waals surface area contributed by atoms with Crippen molar-refractivity contribution in [2.45, 2.75) is 171 Å². The van der Waals surface area contributed by atoms with E-state index >= 15 is 0 Å². The Kier molecular flexibility index (Phi) is 19.1. The Morgan fingerprint density at radius 3 is 1.41 bits per heavy atom. The quantitative estimate of drug-likeness (QED) is 0.0910. The summed E-state index contributed by atoms with van der Waals surface area (Å²) in [7, 11) is 0. The Labute approximate surface area is 245 Å². The van der Waals surface area contributed by atoms with Gasteiger partial charge in [-0.1, -0.05) is 103 Å². The number of hydrogen-bond acceptors (Lipinski definition) is 11. The van der Waals surface area contributed by atoms with Crippen LogP contribution in [0.5, 0.6) is 0 Å². The molecule has 0 amide bonds. The van der Waals surface area contributed by atoms with Crippen LogP contribution in [-0.2, 0) is 18.9 Å². The fraction of sp³-hybridized carbons (Fsp3) is 1.00. The Morgan fingerprint density at radius 1 is 0.488 bits per heavy atom. The number of aliphatic hydroxyl groups excluding tert-OH is 7. The van der Waals surface area contributed by atoms with Gasteiger partial charge in [0.1, 0.15) is 48.8 Å². The standard InChI is InChI=1S/C30H58O11/c1-2-3-4-5-6-7-8-9-10-11-12-13-14-15-16-17-18-38-29-27(37)25(35)28(22(20-32)40-29)41-30-26(36)24(34)23(33)21(19-31)39-30/h21-37H,2-20H2,1H3/t21-,22-,23+,24+,25-,26-,27-,28-,29-,30-/m1/s1. The van der Waals surface area contributed by atoms with Gasteiger partial charge in [-0.3, -0.25) is 0 Å². The summed E-state index contributed by atoms with van der Waals surface area (Å²) < 4.78 is 22.2. The summed E-state index contributed by atoms with van der Waals surface area (Å²) in [4.78, 5) is 0. The van der Waals surface area contributed by atoms with Crippen molar-refractivity contribution >= 4 is 0 Å². The lowest BCUT2D eigenvalue weighted by Crippen LogP contribution is -2.64. The molecule has 41 heavy (non-hydrogen) atoms. The molecule has 0 aromatic heterocycles. The van der Waals surface area contributed by atoms with Gasteiger partial charge in [0.15, 0.2) is 12.6 Å². The molecule has 2 aliphatic heterocycles. The minimum Gasteiger partial charge on any atom is -0.394 e. The second-order valence-corrected chi connectivity index (χ2v) is 11.7. The maximum atomic E-state index is 10.7.